The number of hydrogen-bond donors (Lipinski definition) is 0. The highest BCUT2D eigenvalue weighted by Crippen LogP contribution is 2.03. The van der Waals surface area contributed by atoms with Crippen LogP contribution in [0.2, 0.25) is 5.15 Å². The lowest BCUT2D eigenvalue weighted by Gasteiger charge is -1.95. The zero-order valence-electron chi connectivity index (χ0n) is 8.25. The van der Waals surface area contributed by atoms with E-state index in [1.807, 2.05) is 0 Å². The van der Waals surface area contributed by atoms with Crippen LogP contribution < -0.4 is 5.69 Å². The van der Waals surface area contributed by atoms with Crippen molar-refractivity contribution in [2.45, 2.75) is 6.54 Å². The highest BCUT2D eigenvalue weighted by molar-refractivity contribution is 6.29. The monoisotopic (exact) mass is 242 g/mol. The maximum atomic E-state index is 11.7. The fourth-order valence-corrected chi connectivity index (χ4v) is 1.31. The summed E-state index contributed by atoms with van der Waals surface area (Å²) in [5, 5.41) is 7.82. The molecule has 0 aliphatic carbocycles. The predicted octanol–water partition coefficient (Wildman–Crippen LogP) is -0.283. The number of methoxy groups -OCH3 is 1. The first-order chi connectivity index (χ1) is 7.61. The van der Waals surface area contributed by atoms with Gasteiger partial charge in [0.2, 0.25) is 0 Å². The Bertz CT molecular complexity index is 603. The van der Waals surface area contributed by atoms with Gasteiger partial charge in [0.1, 0.15) is 11.7 Å². The topological polar surface area (TPSA) is 78.5 Å². The number of esters is 1. The normalized spacial score (nSPS) is 10.6. The molecule has 0 fully saturated rings. The smallest absolute Gasteiger partial charge is 0.367 e. The highest BCUT2D eigenvalue weighted by atomic mass is 35.5. The van der Waals surface area contributed by atoms with Crippen molar-refractivity contribution in [2.75, 3.05) is 7.11 Å². The zero-order valence-corrected chi connectivity index (χ0v) is 9.01. The van der Waals surface area contributed by atoms with E-state index >= 15 is 0 Å². The SMILES string of the molecule is COC(=O)Cn1nc2ccc(Cl)nn2c1=O. The van der Waals surface area contributed by atoms with Gasteiger partial charge >= 0.3 is 11.7 Å². The molecule has 0 atom stereocenters. The quantitative estimate of drug-likeness (QED) is 0.677. The maximum absolute atomic E-state index is 11.7. The number of carbonyl (C=O) groups is 1. The van der Waals surface area contributed by atoms with Gasteiger partial charge in [-0.3, -0.25) is 4.79 Å². The molecule has 0 aliphatic rings. The third kappa shape index (κ3) is 1.76. The van der Waals surface area contributed by atoms with Gasteiger partial charge in [0.15, 0.2) is 5.65 Å². The molecule has 0 bridgehead atoms. The predicted molar refractivity (Wildman–Crippen MR) is 54.3 cm³/mol. The van der Waals surface area contributed by atoms with Crippen LogP contribution in [-0.4, -0.2) is 32.5 Å². The Balaban J connectivity index is 2.52. The van der Waals surface area contributed by atoms with Crippen LogP contribution in [0.4, 0.5) is 0 Å². The molecule has 0 radical (unpaired) electrons. The van der Waals surface area contributed by atoms with E-state index in [1.165, 1.54) is 19.2 Å². The summed E-state index contributed by atoms with van der Waals surface area (Å²) >= 11 is 5.63. The van der Waals surface area contributed by atoms with Crippen molar-refractivity contribution in [1.82, 2.24) is 19.4 Å². The van der Waals surface area contributed by atoms with Crippen LogP contribution in [0.3, 0.4) is 0 Å². The highest BCUT2D eigenvalue weighted by Gasteiger charge is 2.11. The van der Waals surface area contributed by atoms with E-state index in [-0.39, 0.29) is 11.7 Å². The van der Waals surface area contributed by atoms with Gasteiger partial charge in [-0.1, -0.05) is 11.6 Å². The number of ether oxygens (including phenoxy) is 1. The van der Waals surface area contributed by atoms with Gasteiger partial charge in [0.25, 0.3) is 0 Å². The molecule has 0 amide bonds. The Hall–Kier alpha value is -1.89. The van der Waals surface area contributed by atoms with E-state index in [1.54, 1.807) is 0 Å². The summed E-state index contributed by atoms with van der Waals surface area (Å²) < 4.78 is 6.42. The van der Waals surface area contributed by atoms with E-state index in [0.717, 1.165) is 9.20 Å². The van der Waals surface area contributed by atoms with Gasteiger partial charge in [0, 0.05) is 0 Å². The maximum Gasteiger partial charge on any atom is 0.367 e. The third-order valence-electron chi connectivity index (χ3n) is 1.91. The Morgan fingerprint density at radius 1 is 1.50 bits per heavy atom. The van der Waals surface area contributed by atoms with Crippen molar-refractivity contribution in [3.05, 3.63) is 27.8 Å². The van der Waals surface area contributed by atoms with Crippen LogP contribution in [0, 0.1) is 0 Å². The lowest BCUT2D eigenvalue weighted by atomic mass is 10.6. The minimum Gasteiger partial charge on any atom is -0.468 e. The molecule has 84 valence electrons. The molecule has 0 spiro atoms. The number of aromatic nitrogens is 4. The van der Waals surface area contributed by atoms with E-state index in [2.05, 4.69) is 14.9 Å². The van der Waals surface area contributed by atoms with Crippen molar-refractivity contribution < 1.29 is 9.53 Å². The lowest BCUT2D eigenvalue weighted by Crippen LogP contribution is -2.26. The van der Waals surface area contributed by atoms with Gasteiger partial charge < -0.3 is 4.74 Å². The molecule has 2 rings (SSSR count). The average molecular weight is 243 g/mol. The lowest BCUT2D eigenvalue weighted by molar-refractivity contribution is -0.141. The molecule has 0 saturated heterocycles. The summed E-state index contributed by atoms with van der Waals surface area (Å²) in [6, 6.07) is 3.04. The Morgan fingerprint density at radius 2 is 2.25 bits per heavy atom. The van der Waals surface area contributed by atoms with Crippen molar-refractivity contribution >= 4 is 23.2 Å². The van der Waals surface area contributed by atoms with E-state index in [9.17, 15) is 9.59 Å². The molecule has 0 saturated carbocycles. The standard InChI is InChI=1S/C8H7ClN4O3/c1-16-7(14)4-12-8(15)13-6(11-12)3-2-5(9)10-13/h2-3H,4H2,1H3. The Labute approximate surface area is 94.2 Å². The summed E-state index contributed by atoms with van der Waals surface area (Å²) in [4.78, 5) is 22.7. The first kappa shape index (κ1) is 10.6. The number of halogens is 1. The molecule has 8 heteroatoms. The van der Waals surface area contributed by atoms with Crippen LogP contribution >= 0.6 is 11.6 Å². The average Bonchev–Trinajstić information content (AvgIpc) is 2.56. The summed E-state index contributed by atoms with van der Waals surface area (Å²) in [5.41, 5.74) is -0.221. The molecule has 16 heavy (non-hydrogen) atoms. The van der Waals surface area contributed by atoms with Gasteiger partial charge in [0.05, 0.1) is 7.11 Å². The molecule has 0 aromatic carbocycles. The molecule has 0 aliphatic heterocycles. The van der Waals surface area contributed by atoms with Gasteiger partial charge in [-0.05, 0) is 12.1 Å². The summed E-state index contributed by atoms with van der Waals surface area (Å²) in [7, 11) is 1.23. The molecular formula is C8H7ClN4O3. The molecule has 2 heterocycles. The first-order valence-electron chi connectivity index (χ1n) is 4.31. The van der Waals surface area contributed by atoms with Crippen molar-refractivity contribution in [2.24, 2.45) is 0 Å². The van der Waals surface area contributed by atoms with Crippen LogP contribution in [0.25, 0.3) is 5.65 Å². The van der Waals surface area contributed by atoms with E-state index < -0.39 is 11.7 Å². The fraction of sp³-hybridized carbons (Fsp3) is 0.250. The second-order valence-electron chi connectivity index (χ2n) is 2.94. The van der Waals surface area contributed by atoms with Gasteiger partial charge in [-0.25, -0.2) is 4.79 Å². The largest absolute Gasteiger partial charge is 0.468 e. The second kappa shape index (κ2) is 3.93. The number of carbonyl (C=O) groups excluding carboxylic acids is 1. The summed E-state index contributed by atoms with van der Waals surface area (Å²) in [6.07, 6.45) is 0. The van der Waals surface area contributed by atoms with Gasteiger partial charge in [-0.15, -0.1) is 10.2 Å². The minimum absolute atomic E-state index is 0.173. The minimum atomic E-state index is -0.559. The van der Waals surface area contributed by atoms with Crippen LogP contribution in [0.1, 0.15) is 0 Å². The third-order valence-corrected chi connectivity index (χ3v) is 2.12. The zero-order chi connectivity index (χ0) is 11.7. The van der Waals surface area contributed by atoms with Gasteiger partial charge in [-0.2, -0.15) is 9.20 Å². The number of fused-ring (bicyclic) bond motifs is 1. The van der Waals surface area contributed by atoms with Crippen molar-refractivity contribution in [1.29, 1.82) is 0 Å². The summed E-state index contributed by atoms with van der Waals surface area (Å²) in [6.45, 7) is -0.254. The molecule has 0 unspecified atom stereocenters. The molecular weight excluding hydrogens is 236 g/mol. The summed E-state index contributed by atoms with van der Waals surface area (Å²) in [5.74, 6) is -0.559. The number of nitrogens with zero attached hydrogens (tertiary/aromatic N) is 4. The molecule has 2 aromatic rings. The Kier molecular flexibility index (Phi) is 2.61. The second-order valence-corrected chi connectivity index (χ2v) is 3.33. The van der Waals surface area contributed by atoms with Crippen LogP contribution in [-0.2, 0) is 16.1 Å². The molecule has 0 N–H and O–H groups in total. The van der Waals surface area contributed by atoms with E-state index in [4.69, 9.17) is 11.6 Å². The van der Waals surface area contributed by atoms with Crippen LogP contribution in [0.15, 0.2) is 16.9 Å². The molecule has 7 nitrogen and oxygen atoms in total. The number of rotatable bonds is 2. The number of hydrogen-bond acceptors (Lipinski definition) is 5. The molecule has 2 aromatic heterocycles. The van der Waals surface area contributed by atoms with Crippen LogP contribution in [0.5, 0.6) is 0 Å². The van der Waals surface area contributed by atoms with Crippen molar-refractivity contribution in [3.8, 4) is 0 Å². The first-order valence-corrected chi connectivity index (χ1v) is 4.69. The fourth-order valence-electron chi connectivity index (χ4n) is 1.18. The van der Waals surface area contributed by atoms with E-state index in [0.29, 0.717) is 5.65 Å². The Morgan fingerprint density at radius 3 is 2.94 bits per heavy atom. The van der Waals surface area contributed by atoms with Crippen molar-refractivity contribution in [3.63, 3.8) is 0 Å².